The molecule has 1 aromatic carbocycles. The number of fused-ring (bicyclic) bond motifs is 1. The third kappa shape index (κ3) is 4.89. The van der Waals surface area contributed by atoms with Gasteiger partial charge in [0.1, 0.15) is 18.1 Å². The molecule has 0 spiro atoms. The van der Waals surface area contributed by atoms with E-state index in [2.05, 4.69) is 32.2 Å². The van der Waals surface area contributed by atoms with Gasteiger partial charge in [0, 0.05) is 25.4 Å². The van der Waals surface area contributed by atoms with E-state index in [1.54, 1.807) is 19.6 Å². The van der Waals surface area contributed by atoms with E-state index in [0.717, 1.165) is 59.1 Å². The van der Waals surface area contributed by atoms with Crippen molar-refractivity contribution < 1.29 is 14.4 Å². The lowest BCUT2D eigenvalue weighted by Crippen LogP contribution is -2.49. The number of piperidine rings is 1. The van der Waals surface area contributed by atoms with Gasteiger partial charge in [0.2, 0.25) is 0 Å². The molecule has 0 amide bonds. The number of amidine groups is 1. The molecule has 1 saturated heterocycles. The Hall–Kier alpha value is -3.94. The summed E-state index contributed by atoms with van der Waals surface area (Å²) in [7, 11) is 1.68. The number of aryl methyl sites for hydroxylation is 2. The van der Waals surface area contributed by atoms with Crippen LogP contribution in [-0.2, 0) is 4.84 Å². The fourth-order valence-electron chi connectivity index (χ4n) is 4.90. The Balaban J connectivity index is 1.32. The zero-order valence-electron chi connectivity index (χ0n) is 21.0. The molecule has 5 rings (SSSR count). The summed E-state index contributed by atoms with van der Waals surface area (Å²) in [5, 5.41) is 4.42. The maximum Gasteiger partial charge on any atom is 0.181 e. The first kappa shape index (κ1) is 23.8. The molecule has 1 atom stereocenters. The monoisotopic (exact) mass is 485 g/mol. The van der Waals surface area contributed by atoms with Crippen molar-refractivity contribution in [2.24, 2.45) is 5.16 Å². The van der Waals surface area contributed by atoms with Gasteiger partial charge in [0.25, 0.3) is 0 Å². The normalized spacial score (nSPS) is 18.4. The SMILES string of the molecule is COc1cc(/C=C2\CCCN3C2=NOC[C@@H]3CCC(=O)c2ncccc2C)ccc1-n1cnc(C)c1. The molecule has 2 aliphatic rings. The van der Waals surface area contributed by atoms with E-state index < -0.39 is 0 Å². The molecule has 2 aliphatic heterocycles. The molecule has 0 unspecified atom stereocenters. The van der Waals surface area contributed by atoms with E-state index in [4.69, 9.17) is 9.57 Å². The number of nitrogens with zero attached hydrogens (tertiary/aromatic N) is 5. The molecular formula is C28H31N5O3. The Morgan fingerprint density at radius 3 is 2.92 bits per heavy atom. The minimum absolute atomic E-state index is 0.0743. The predicted molar refractivity (Wildman–Crippen MR) is 138 cm³/mol. The lowest BCUT2D eigenvalue weighted by molar-refractivity contribution is 0.0527. The van der Waals surface area contributed by atoms with Gasteiger partial charge < -0.3 is 19.0 Å². The number of carbonyl (C=O) groups is 1. The summed E-state index contributed by atoms with van der Waals surface area (Å²) < 4.78 is 7.64. The number of methoxy groups -OCH3 is 1. The lowest BCUT2D eigenvalue weighted by atomic mass is 9.96. The first-order valence-electron chi connectivity index (χ1n) is 12.3. The van der Waals surface area contributed by atoms with Crippen molar-refractivity contribution in [2.75, 3.05) is 20.3 Å². The van der Waals surface area contributed by atoms with Crippen LogP contribution in [0.5, 0.6) is 5.75 Å². The smallest absolute Gasteiger partial charge is 0.181 e. The molecule has 186 valence electrons. The third-order valence-corrected chi connectivity index (χ3v) is 6.78. The number of aromatic nitrogens is 3. The van der Waals surface area contributed by atoms with Gasteiger partial charge in [-0.2, -0.15) is 0 Å². The fourth-order valence-corrected chi connectivity index (χ4v) is 4.90. The van der Waals surface area contributed by atoms with Crippen molar-refractivity contribution in [1.82, 2.24) is 19.4 Å². The number of benzene rings is 1. The summed E-state index contributed by atoms with van der Waals surface area (Å²) in [6.07, 6.45) is 10.7. The van der Waals surface area contributed by atoms with Crippen LogP contribution in [0.4, 0.5) is 0 Å². The van der Waals surface area contributed by atoms with Crippen LogP contribution in [-0.4, -0.2) is 57.4 Å². The molecule has 0 bridgehead atoms. The number of ketones is 1. The molecule has 0 aliphatic carbocycles. The molecule has 8 heteroatoms. The van der Waals surface area contributed by atoms with Crippen LogP contribution >= 0.6 is 0 Å². The van der Waals surface area contributed by atoms with Crippen molar-refractivity contribution in [3.05, 3.63) is 77.1 Å². The number of ether oxygens (including phenoxy) is 1. The van der Waals surface area contributed by atoms with E-state index in [9.17, 15) is 4.79 Å². The molecule has 0 N–H and O–H groups in total. The van der Waals surface area contributed by atoms with Gasteiger partial charge >= 0.3 is 0 Å². The Kier molecular flexibility index (Phi) is 6.84. The zero-order valence-corrected chi connectivity index (χ0v) is 21.0. The van der Waals surface area contributed by atoms with Crippen LogP contribution in [0.3, 0.4) is 0 Å². The molecule has 8 nitrogen and oxygen atoms in total. The Morgan fingerprint density at radius 2 is 2.14 bits per heavy atom. The molecule has 0 radical (unpaired) electrons. The van der Waals surface area contributed by atoms with Crippen molar-refractivity contribution in [1.29, 1.82) is 0 Å². The largest absolute Gasteiger partial charge is 0.495 e. The van der Waals surface area contributed by atoms with E-state index in [1.807, 2.05) is 48.9 Å². The highest BCUT2D eigenvalue weighted by Gasteiger charge is 2.32. The van der Waals surface area contributed by atoms with Gasteiger partial charge in [-0.05, 0) is 74.1 Å². The number of hydrogen-bond donors (Lipinski definition) is 0. The van der Waals surface area contributed by atoms with Gasteiger partial charge in [-0.3, -0.25) is 9.78 Å². The molecule has 4 heterocycles. The molecule has 3 aromatic rings. The van der Waals surface area contributed by atoms with Gasteiger partial charge in [-0.15, -0.1) is 0 Å². The van der Waals surface area contributed by atoms with E-state index in [0.29, 0.717) is 25.1 Å². The maximum absolute atomic E-state index is 12.8. The zero-order chi connectivity index (χ0) is 25.1. The highest BCUT2D eigenvalue weighted by Crippen LogP contribution is 2.30. The lowest BCUT2D eigenvalue weighted by Gasteiger charge is -2.40. The average Bonchev–Trinajstić information content (AvgIpc) is 3.33. The topological polar surface area (TPSA) is 81.8 Å². The fraction of sp³-hybridized carbons (Fsp3) is 0.357. The van der Waals surface area contributed by atoms with E-state index in [1.165, 1.54) is 0 Å². The van der Waals surface area contributed by atoms with Crippen molar-refractivity contribution in [3.63, 3.8) is 0 Å². The quantitative estimate of drug-likeness (QED) is 0.450. The Labute approximate surface area is 211 Å². The summed E-state index contributed by atoms with van der Waals surface area (Å²) in [4.78, 5) is 29.3. The van der Waals surface area contributed by atoms with Crippen LogP contribution in [0.1, 0.15) is 53.0 Å². The second-order valence-corrected chi connectivity index (χ2v) is 9.32. The van der Waals surface area contributed by atoms with Gasteiger partial charge in [0.15, 0.2) is 11.6 Å². The number of imidazole rings is 1. The minimum Gasteiger partial charge on any atom is -0.495 e. The van der Waals surface area contributed by atoms with Crippen molar-refractivity contribution in [2.45, 2.75) is 45.6 Å². The highest BCUT2D eigenvalue weighted by molar-refractivity contribution is 6.03. The first-order chi connectivity index (χ1) is 17.5. The second-order valence-electron chi connectivity index (χ2n) is 9.32. The molecular weight excluding hydrogens is 454 g/mol. The summed E-state index contributed by atoms with van der Waals surface area (Å²) in [6.45, 7) is 5.28. The number of hydrogen-bond acceptors (Lipinski definition) is 7. The van der Waals surface area contributed by atoms with Crippen LogP contribution in [0.2, 0.25) is 0 Å². The number of oxime groups is 1. The van der Waals surface area contributed by atoms with Gasteiger partial charge in [-0.1, -0.05) is 17.3 Å². The standard InChI is InChI=1S/C28H31N5O3/c1-19-6-4-12-29-27(19)25(34)11-9-23-17-36-31-28-22(7-5-13-33(23)28)14-21-8-10-24(26(15-21)35-3)32-16-20(2)30-18-32/h4,6,8,10,12,14-16,18,23H,5,7,9,11,13,17H2,1-3H3/b22-14+/t23-/m0/s1. The van der Waals surface area contributed by atoms with E-state index in [-0.39, 0.29) is 11.8 Å². The van der Waals surface area contributed by atoms with Crippen LogP contribution in [0.15, 0.2) is 59.8 Å². The molecule has 2 aromatic heterocycles. The average molecular weight is 486 g/mol. The summed E-state index contributed by atoms with van der Waals surface area (Å²) in [5.74, 6) is 1.72. The molecule has 36 heavy (non-hydrogen) atoms. The molecule has 0 saturated carbocycles. The Bertz CT molecular complexity index is 1330. The van der Waals surface area contributed by atoms with Gasteiger partial charge in [0.05, 0.1) is 30.9 Å². The number of pyridine rings is 1. The summed E-state index contributed by atoms with van der Waals surface area (Å²) in [6, 6.07) is 10.0. The summed E-state index contributed by atoms with van der Waals surface area (Å²) in [5.41, 5.74) is 5.54. The highest BCUT2D eigenvalue weighted by atomic mass is 16.6. The summed E-state index contributed by atoms with van der Waals surface area (Å²) >= 11 is 0. The number of Topliss-reactive ketones (excluding diaryl/α,β-unsaturated/α-hetero) is 1. The third-order valence-electron chi connectivity index (χ3n) is 6.78. The maximum atomic E-state index is 12.8. The predicted octanol–water partition coefficient (Wildman–Crippen LogP) is 4.75. The van der Waals surface area contributed by atoms with Crippen LogP contribution < -0.4 is 4.74 Å². The number of carbonyl (C=O) groups excluding carboxylic acids is 1. The van der Waals surface area contributed by atoms with Crippen LogP contribution in [0.25, 0.3) is 11.8 Å². The van der Waals surface area contributed by atoms with Crippen molar-refractivity contribution >= 4 is 17.7 Å². The van der Waals surface area contributed by atoms with E-state index >= 15 is 0 Å². The molecule has 1 fully saturated rings. The minimum atomic E-state index is 0.0743. The van der Waals surface area contributed by atoms with Gasteiger partial charge in [-0.25, -0.2) is 4.98 Å². The Morgan fingerprint density at radius 1 is 1.25 bits per heavy atom. The first-order valence-corrected chi connectivity index (χ1v) is 12.3. The van der Waals surface area contributed by atoms with Crippen LogP contribution in [0, 0.1) is 13.8 Å². The van der Waals surface area contributed by atoms with Crippen molar-refractivity contribution in [3.8, 4) is 11.4 Å². The second kappa shape index (κ2) is 10.4. The number of rotatable bonds is 7.